The summed E-state index contributed by atoms with van der Waals surface area (Å²) in [6.07, 6.45) is 0.0114. The summed E-state index contributed by atoms with van der Waals surface area (Å²) in [4.78, 5) is 11.4. The summed E-state index contributed by atoms with van der Waals surface area (Å²) < 4.78 is 24.4. The Morgan fingerprint density at radius 1 is 1.22 bits per heavy atom. The van der Waals surface area contributed by atoms with E-state index in [-0.39, 0.29) is 18.8 Å². The van der Waals surface area contributed by atoms with Gasteiger partial charge in [-0.3, -0.25) is 4.79 Å². The van der Waals surface area contributed by atoms with Crippen LogP contribution in [0.15, 0.2) is 48.5 Å². The van der Waals surface area contributed by atoms with Gasteiger partial charge in [-0.05, 0) is 30.2 Å². The van der Waals surface area contributed by atoms with E-state index in [1.165, 1.54) is 12.1 Å². The van der Waals surface area contributed by atoms with Crippen molar-refractivity contribution in [3.8, 4) is 5.75 Å². The van der Waals surface area contributed by atoms with Crippen molar-refractivity contribution >= 4 is 5.97 Å². The third kappa shape index (κ3) is 5.07. The molecule has 0 heterocycles. The fourth-order valence-electron chi connectivity index (χ4n) is 2.12. The highest BCUT2D eigenvalue weighted by molar-refractivity contribution is 5.70. The van der Waals surface area contributed by atoms with Gasteiger partial charge in [-0.25, -0.2) is 4.39 Å². The predicted molar refractivity (Wildman–Crippen MR) is 85.4 cm³/mol. The van der Waals surface area contributed by atoms with Crippen LogP contribution in [-0.4, -0.2) is 12.6 Å². The molecule has 23 heavy (non-hydrogen) atoms. The van der Waals surface area contributed by atoms with Crippen LogP contribution in [-0.2, 0) is 16.1 Å². The van der Waals surface area contributed by atoms with Crippen molar-refractivity contribution < 1.29 is 18.7 Å². The summed E-state index contributed by atoms with van der Waals surface area (Å²) in [6.45, 7) is 2.31. The second-order valence-corrected chi connectivity index (χ2v) is 5.08. The van der Waals surface area contributed by atoms with Crippen LogP contribution in [0.4, 0.5) is 4.39 Å². The molecule has 0 spiro atoms. The number of carbonyl (C=O) groups is 1. The highest BCUT2D eigenvalue weighted by Crippen LogP contribution is 2.23. The quantitative estimate of drug-likeness (QED) is 0.796. The summed E-state index contributed by atoms with van der Waals surface area (Å²) in [6, 6.07) is 13.4. The lowest BCUT2D eigenvalue weighted by atomic mass is 10.0. The van der Waals surface area contributed by atoms with Gasteiger partial charge >= 0.3 is 5.97 Å². The maximum Gasteiger partial charge on any atom is 0.307 e. The highest BCUT2D eigenvalue weighted by Gasteiger charge is 2.15. The van der Waals surface area contributed by atoms with E-state index in [1.54, 1.807) is 13.0 Å². The van der Waals surface area contributed by atoms with Crippen LogP contribution in [0.1, 0.15) is 30.5 Å². The van der Waals surface area contributed by atoms with Gasteiger partial charge in [0.15, 0.2) is 11.6 Å². The van der Waals surface area contributed by atoms with Gasteiger partial charge in [-0.15, -0.1) is 0 Å². The first kappa shape index (κ1) is 17.0. The minimum absolute atomic E-state index is 0.0114. The van der Waals surface area contributed by atoms with Crippen molar-refractivity contribution in [2.24, 2.45) is 5.73 Å². The Hall–Kier alpha value is -2.40. The predicted octanol–water partition coefficient (Wildman–Crippen LogP) is 3.36. The molecule has 0 saturated carbocycles. The third-order valence-electron chi connectivity index (χ3n) is 3.31. The van der Waals surface area contributed by atoms with E-state index in [1.807, 2.05) is 30.3 Å². The van der Waals surface area contributed by atoms with Crippen LogP contribution in [0.2, 0.25) is 0 Å². The standard InChI is InChI=1S/C18H20FNO3/c1-2-22-18(21)11-16(20)14-8-9-17(15(19)10-14)23-12-13-6-4-3-5-7-13/h3-10,16H,2,11-12,20H2,1H3/t16-/m1/s1. The molecule has 0 aromatic heterocycles. The zero-order valence-corrected chi connectivity index (χ0v) is 13.0. The fourth-order valence-corrected chi connectivity index (χ4v) is 2.12. The first-order chi connectivity index (χ1) is 11.1. The second kappa shape index (κ2) is 8.29. The SMILES string of the molecule is CCOC(=O)C[C@@H](N)c1ccc(OCc2ccccc2)c(F)c1. The van der Waals surface area contributed by atoms with Gasteiger partial charge in [-0.1, -0.05) is 36.4 Å². The van der Waals surface area contributed by atoms with Crippen molar-refractivity contribution in [2.45, 2.75) is 26.0 Å². The Labute approximate surface area is 135 Å². The van der Waals surface area contributed by atoms with E-state index in [4.69, 9.17) is 15.2 Å². The van der Waals surface area contributed by atoms with Crippen LogP contribution in [0.5, 0.6) is 5.75 Å². The van der Waals surface area contributed by atoms with Crippen molar-refractivity contribution in [2.75, 3.05) is 6.61 Å². The molecular formula is C18H20FNO3. The average Bonchev–Trinajstić information content (AvgIpc) is 2.54. The lowest BCUT2D eigenvalue weighted by molar-refractivity contribution is -0.143. The number of rotatable bonds is 7. The summed E-state index contributed by atoms with van der Waals surface area (Å²) in [5.74, 6) is -0.747. The summed E-state index contributed by atoms with van der Waals surface area (Å²) in [7, 11) is 0. The molecule has 0 radical (unpaired) electrons. The molecule has 0 unspecified atom stereocenters. The number of ether oxygens (including phenoxy) is 2. The summed E-state index contributed by atoms with van der Waals surface area (Å²) in [5.41, 5.74) is 7.39. The smallest absolute Gasteiger partial charge is 0.307 e. The number of halogens is 1. The molecule has 2 rings (SSSR count). The molecule has 0 bridgehead atoms. The zero-order valence-electron chi connectivity index (χ0n) is 13.0. The molecule has 0 fully saturated rings. The molecule has 4 nitrogen and oxygen atoms in total. The monoisotopic (exact) mass is 317 g/mol. The molecule has 2 aromatic carbocycles. The van der Waals surface area contributed by atoms with Gasteiger partial charge < -0.3 is 15.2 Å². The molecule has 1 atom stereocenters. The summed E-state index contributed by atoms with van der Waals surface area (Å²) in [5, 5.41) is 0. The first-order valence-electron chi connectivity index (χ1n) is 7.47. The first-order valence-corrected chi connectivity index (χ1v) is 7.47. The Kier molecular flexibility index (Phi) is 6.11. The van der Waals surface area contributed by atoms with Crippen molar-refractivity contribution in [3.05, 3.63) is 65.5 Å². The molecule has 2 aromatic rings. The molecule has 5 heteroatoms. The molecule has 2 N–H and O–H groups in total. The van der Waals surface area contributed by atoms with Gasteiger partial charge in [0.2, 0.25) is 0 Å². The molecule has 0 aliphatic carbocycles. The van der Waals surface area contributed by atoms with Crippen molar-refractivity contribution in [1.29, 1.82) is 0 Å². The average molecular weight is 317 g/mol. The third-order valence-corrected chi connectivity index (χ3v) is 3.31. The Morgan fingerprint density at radius 2 is 1.96 bits per heavy atom. The Bertz CT molecular complexity index is 646. The largest absolute Gasteiger partial charge is 0.486 e. The zero-order chi connectivity index (χ0) is 16.7. The topological polar surface area (TPSA) is 61.5 Å². The fraction of sp³-hybridized carbons (Fsp3) is 0.278. The van der Waals surface area contributed by atoms with Crippen LogP contribution in [0, 0.1) is 5.82 Å². The van der Waals surface area contributed by atoms with Crippen LogP contribution < -0.4 is 10.5 Å². The number of nitrogens with two attached hydrogens (primary N) is 1. The lowest BCUT2D eigenvalue weighted by Gasteiger charge is -2.13. The number of hydrogen-bond acceptors (Lipinski definition) is 4. The van der Waals surface area contributed by atoms with E-state index in [9.17, 15) is 9.18 Å². The summed E-state index contributed by atoms with van der Waals surface area (Å²) >= 11 is 0. The van der Waals surface area contributed by atoms with E-state index in [2.05, 4.69) is 0 Å². The number of benzene rings is 2. The van der Waals surface area contributed by atoms with Crippen molar-refractivity contribution in [3.63, 3.8) is 0 Å². The Balaban J connectivity index is 1.98. The maximum absolute atomic E-state index is 14.1. The van der Waals surface area contributed by atoms with Gasteiger partial charge in [0.25, 0.3) is 0 Å². The maximum atomic E-state index is 14.1. The van der Waals surface area contributed by atoms with Gasteiger partial charge in [0, 0.05) is 6.04 Å². The molecule has 0 saturated heterocycles. The molecule has 0 aliphatic rings. The van der Waals surface area contributed by atoms with E-state index in [0.717, 1.165) is 5.56 Å². The van der Waals surface area contributed by atoms with E-state index < -0.39 is 17.8 Å². The number of carbonyl (C=O) groups excluding carboxylic acids is 1. The van der Waals surface area contributed by atoms with Crippen molar-refractivity contribution in [1.82, 2.24) is 0 Å². The van der Waals surface area contributed by atoms with Crippen LogP contribution >= 0.6 is 0 Å². The van der Waals surface area contributed by atoms with Gasteiger partial charge in [0.05, 0.1) is 13.0 Å². The van der Waals surface area contributed by atoms with Gasteiger partial charge in [0.1, 0.15) is 6.61 Å². The van der Waals surface area contributed by atoms with E-state index >= 15 is 0 Å². The molecular weight excluding hydrogens is 297 g/mol. The second-order valence-electron chi connectivity index (χ2n) is 5.08. The molecule has 122 valence electrons. The molecule has 0 aliphatic heterocycles. The number of esters is 1. The highest BCUT2D eigenvalue weighted by atomic mass is 19.1. The minimum atomic E-state index is -0.605. The van der Waals surface area contributed by atoms with Crippen LogP contribution in [0.3, 0.4) is 0 Å². The lowest BCUT2D eigenvalue weighted by Crippen LogP contribution is -2.17. The van der Waals surface area contributed by atoms with Crippen LogP contribution in [0.25, 0.3) is 0 Å². The normalized spacial score (nSPS) is 11.8. The minimum Gasteiger partial charge on any atom is -0.486 e. The van der Waals surface area contributed by atoms with E-state index in [0.29, 0.717) is 12.2 Å². The number of hydrogen-bond donors (Lipinski definition) is 1. The van der Waals surface area contributed by atoms with Gasteiger partial charge in [-0.2, -0.15) is 0 Å². The molecule has 0 amide bonds. The Morgan fingerprint density at radius 3 is 2.61 bits per heavy atom.